The SMILES string of the molecule is Cc1nn([C@@H]2CCS(=O)(=O)C2)c2nc(-c3ccccc3)cc(C(=O)Nc3ccccc3F)c12. The van der Waals surface area contributed by atoms with Crippen LogP contribution in [0.15, 0.2) is 60.7 Å². The second kappa shape index (κ2) is 8.08. The summed E-state index contributed by atoms with van der Waals surface area (Å²) in [4.78, 5) is 18.1. The topological polar surface area (TPSA) is 93.9 Å². The molecule has 1 fully saturated rings. The minimum absolute atomic E-state index is 0.0166. The van der Waals surface area contributed by atoms with Gasteiger partial charge in [0.05, 0.1) is 45.6 Å². The molecule has 0 saturated carbocycles. The number of pyridine rings is 1. The first kappa shape index (κ1) is 21.3. The Hall–Kier alpha value is -3.59. The predicted octanol–water partition coefficient (Wildman–Crippen LogP) is 4.16. The Labute approximate surface area is 190 Å². The van der Waals surface area contributed by atoms with Crippen LogP contribution in [-0.4, -0.2) is 40.6 Å². The van der Waals surface area contributed by atoms with E-state index in [1.165, 1.54) is 12.1 Å². The summed E-state index contributed by atoms with van der Waals surface area (Å²) < 4.78 is 40.0. The minimum atomic E-state index is -3.15. The molecule has 2 aromatic carbocycles. The first-order chi connectivity index (χ1) is 15.8. The number of para-hydroxylation sites is 1. The van der Waals surface area contributed by atoms with E-state index in [0.29, 0.717) is 34.4 Å². The van der Waals surface area contributed by atoms with Crippen LogP contribution in [0.25, 0.3) is 22.3 Å². The molecule has 1 saturated heterocycles. The van der Waals surface area contributed by atoms with Gasteiger partial charge in [-0.15, -0.1) is 0 Å². The first-order valence-electron chi connectivity index (χ1n) is 10.5. The molecule has 4 aromatic rings. The molecule has 0 spiro atoms. The second-order valence-corrected chi connectivity index (χ2v) is 10.4. The van der Waals surface area contributed by atoms with E-state index in [1.54, 1.807) is 29.8 Å². The van der Waals surface area contributed by atoms with Gasteiger partial charge in [0.25, 0.3) is 5.91 Å². The minimum Gasteiger partial charge on any atom is -0.319 e. The van der Waals surface area contributed by atoms with Crippen LogP contribution >= 0.6 is 0 Å². The number of fused-ring (bicyclic) bond motifs is 1. The number of carbonyl (C=O) groups is 1. The maximum Gasteiger partial charge on any atom is 0.256 e. The fourth-order valence-electron chi connectivity index (χ4n) is 4.22. The molecule has 1 aliphatic heterocycles. The van der Waals surface area contributed by atoms with E-state index in [-0.39, 0.29) is 23.2 Å². The summed E-state index contributed by atoms with van der Waals surface area (Å²) in [5, 5.41) is 7.74. The zero-order valence-electron chi connectivity index (χ0n) is 17.8. The van der Waals surface area contributed by atoms with E-state index >= 15 is 0 Å². The lowest BCUT2D eigenvalue weighted by molar-refractivity contribution is 0.102. The Morgan fingerprint density at radius 3 is 2.55 bits per heavy atom. The van der Waals surface area contributed by atoms with Gasteiger partial charge in [0.1, 0.15) is 5.82 Å². The van der Waals surface area contributed by atoms with Crippen LogP contribution in [0.5, 0.6) is 0 Å². The van der Waals surface area contributed by atoms with Crippen molar-refractivity contribution in [3.05, 3.63) is 77.7 Å². The standard InChI is InChI=1S/C24H21FN4O3S/c1-15-22-18(24(30)27-20-10-6-5-9-19(20)25)13-21(16-7-3-2-4-8-16)26-23(22)29(28-15)17-11-12-33(31,32)14-17/h2-10,13,17H,11-12,14H2,1H3,(H,27,30)/t17-/m1/s1. The summed E-state index contributed by atoms with van der Waals surface area (Å²) in [6.45, 7) is 1.76. The van der Waals surface area contributed by atoms with Gasteiger partial charge in [0.2, 0.25) is 0 Å². The molecule has 0 aliphatic carbocycles. The third kappa shape index (κ3) is 4.00. The van der Waals surface area contributed by atoms with Crippen molar-refractivity contribution in [1.82, 2.24) is 14.8 Å². The molecule has 1 N–H and O–H groups in total. The Balaban J connectivity index is 1.69. The number of nitrogens with zero attached hydrogens (tertiary/aromatic N) is 3. The number of carbonyl (C=O) groups excluding carboxylic acids is 1. The zero-order chi connectivity index (χ0) is 23.2. The van der Waals surface area contributed by atoms with Gasteiger partial charge in [-0.25, -0.2) is 22.5 Å². The summed E-state index contributed by atoms with van der Waals surface area (Å²) in [7, 11) is -3.15. The lowest BCUT2D eigenvalue weighted by Gasteiger charge is -2.12. The molecular weight excluding hydrogens is 443 g/mol. The maximum absolute atomic E-state index is 14.2. The average molecular weight is 465 g/mol. The number of halogens is 1. The Morgan fingerprint density at radius 1 is 1.12 bits per heavy atom. The van der Waals surface area contributed by atoms with Gasteiger partial charge in [-0.2, -0.15) is 5.10 Å². The predicted molar refractivity (Wildman–Crippen MR) is 124 cm³/mol. The van der Waals surface area contributed by atoms with Crippen LogP contribution in [0.3, 0.4) is 0 Å². The van der Waals surface area contributed by atoms with Crippen LogP contribution < -0.4 is 5.32 Å². The number of amides is 1. The highest BCUT2D eigenvalue weighted by atomic mass is 32.2. The number of nitrogens with one attached hydrogen (secondary N) is 1. The van der Waals surface area contributed by atoms with Crippen LogP contribution in [0.2, 0.25) is 0 Å². The smallest absolute Gasteiger partial charge is 0.256 e. The molecule has 3 heterocycles. The van der Waals surface area contributed by atoms with Crippen molar-refractivity contribution in [3.63, 3.8) is 0 Å². The van der Waals surface area contributed by atoms with E-state index in [2.05, 4.69) is 10.4 Å². The number of hydrogen-bond acceptors (Lipinski definition) is 5. The van der Waals surface area contributed by atoms with Crippen LogP contribution in [0.4, 0.5) is 10.1 Å². The zero-order valence-corrected chi connectivity index (χ0v) is 18.6. The molecular formula is C24H21FN4O3S. The van der Waals surface area contributed by atoms with E-state index < -0.39 is 21.6 Å². The number of anilines is 1. The van der Waals surface area contributed by atoms with Gasteiger partial charge in [-0.05, 0) is 31.5 Å². The molecule has 7 nitrogen and oxygen atoms in total. The normalized spacial score (nSPS) is 17.3. The first-order valence-corrected chi connectivity index (χ1v) is 12.4. The molecule has 5 rings (SSSR count). The molecule has 1 aliphatic rings. The average Bonchev–Trinajstić information content (AvgIpc) is 3.34. The third-order valence-corrected chi connectivity index (χ3v) is 7.58. The number of sulfone groups is 1. The fraction of sp³-hybridized carbons (Fsp3) is 0.208. The third-order valence-electron chi connectivity index (χ3n) is 5.83. The van der Waals surface area contributed by atoms with Crippen molar-refractivity contribution in [2.45, 2.75) is 19.4 Å². The van der Waals surface area contributed by atoms with Gasteiger partial charge in [-0.1, -0.05) is 42.5 Å². The van der Waals surface area contributed by atoms with Gasteiger partial charge >= 0.3 is 0 Å². The van der Waals surface area contributed by atoms with Crippen molar-refractivity contribution in [2.75, 3.05) is 16.8 Å². The Morgan fingerprint density at radius 2 is 1.85 bits per heavy atom. The van der Waals surface area contributed by atoms with E-state index in [4.69, 9.17) is 4.98 Å². The van der Waals surface area contributed by atoms with Crippen molar-refractivity contribution >= 4 is 32.5 Å². The maximum atomic E-state index is 14.2. The fourth-order valence-corrected chi connectivity index (χ4v) is 5.92. The summed E-state index contributed by atoms with van der Waals surface area (Å²) in [5.74, 6) is -0.955. The van der Waals surface area contributed by atoms with Crippen molar-refractivity contribution in [2.24, 2.45) is 0 Å². The molecule has 168 valence electrons. The molecule has 1 amide bonds. The highest BCUT2D eigenvalue weighted by molar-refractivity contribution is 7.91. The summed E-state index contributed by atoms with van der Waals surface area (Å²) in [6, 6.07) is 16.6. The summed E-state index contributed by atoms with van der Waals surface area (Å²) in [6.07, 6.45) is 0.437. The van der Waals surface area contributed by atoms with Crippen LogP contribution in [0, 0.1) is 12.7 Å². The molecule has 0 bridgehead atoms. The van der Waals surface area contributed by atoms with Gasteiger partial charge in [0, 0.05) is 5.56 Å². The Kier molecular flexibility index (Phi) is 5.20. The van der Waals surface area contributed by atoms with Crippen molar-refractivity contribution in [3.8, 4) is 11.3 Å². The molecule has 1 atom stereocenters. The molecule has 2 aromatic heterocycles. The molecule has 0 radical (unpaired) electrons. The summed E-state index contributed by atoms with van der Waals surface area (Å²) >= 11 is 0. The largest absolute Gasteiger partial charge is 0.319 e. The van der Waals surface area contributed by atoms with Crippen molar-refractivity contribution in [1.29, 1.82) is 0 Å². The molecule has 0 unspecified atom stereocenters. The number of hydrogen-bond donors (Lipinski definition) is 1. The van der Waals surface area contributed by atoms with E-state index in [1.807, 2.05) is 30.3 Å². The molecule has 9 heteroatoms. The van der Waals surface area contributed by atoms with Gasteiger partial charge < -0.3 is 5.32 Å². The highest BCUT2D eigenvalue weighted by Crippen LogP contribution is 2.32. The summed E-state index contributed by atoms with van der Waals surface area (Å²) in [5.41, 5.74) is 2.70. The molecule has 33 heavy (non-hydrogen) atoms. The monoisotopic (exact) mass is 464 g/mol. The van der Waals surface area contributed by atoms with Gasteiger partial charge in [-0.3, -0.25) is 4.79 Å². The van der Waals surface area contributed by atoms with E-state index in [0.717, 1.165) is 5.56 Å². The lowest BCUT2D eigenvalue weighted by Crippen LogP contribution is -2.15. The Bertz CT molecular complexity index is 1480. The number of aryl methyl sites for hydroxylation is 1. The number of aromatic nitrogens is 3. The van der Waals surface area contributed by atoms with Crippen molar-refractivity contribution < 1.29 is 17.6 Å². The highest BCUT2D eigenvalue weighted by Gasteiger charge is 2.32. The lowest BCUT2D eigenvalue weighted by atomic mass is 10.0. The quantitative estimate of drug-likeness (QED) is 0.490. The number of benzene rings is 2. The van der Waals surface area contributed by atoms with E-state index in [9.17, 15) is 17.6 Å². The second-order valence-electron chi connectivity index (χ2n) is 8.14. The van der Waals surface area contributed by atoms with Gasteiger partial charge in [0.15, 0.2) is 15.5 Å². The van der Waals surface area contributed by atoms with Crippen LogP contribution in [-0.2, 0) is 9.84 Å². The van der Waals surface area contributed by atoms with Crippen LogP contribution in [0.1, 0.15) is 28.5 Å². The number of rotatable bonds is 4.